The SMILES string of the molecule is CC(C)C(=O)O.CCCCCCCCCC1CC(=O)N1C. The van der Waals surface area contributed by atoms with E-state index in [1.54, 1.807) is 13.8 Å². The maximum absolute atomic E-state index is 11.0. The van der Waals surface area contributed by atoms with Crippen molar-refractivity contribution >= 4 is 11.9 Å². The molecule has 0 aromatic rings. The summed E-state index contributed by atoms with van der Waals surface area (Å²) in [6.07, 6.45) is 11.6. The van der Waals surface area contributed by atoms with Crippen molar-refractivity contribution in [1.82, 2.24) is 4.90 Å². The molecule has 1 fully saturated rings. The molecule has 1 aliphatic heterocycles. The molecule has 124 valence electrons. The summed E-state index contributed by atoms with van der Waals surface area (Å²) in [4.78, 5) is 22.6. The van der Waals surface area contributed by atoms with Crippen molar-refractivity contribution in [2.24, 2.45) is 5.92 Å². The number of carboxylic acid groups (broad SMARTS) is 1. The lowest BCUT2D eigenvalue weighted by atomic mass is 9.96. The molecule has 1 heterocycles. The van der Waals surface area contributed by atoms with Gasteiger partial charge >= 0.3 is 5.97 Å². The van der Waals surface area contributed by atoms with Crippen LogP contribution in [0.3, 0.4) is 0 Å². The van der Waals surface area contributed by atoms with Gasteiger partial charge in [0.25, 0.3) is 0 Å². The number of hydrogen-bond acceptors (Lipinski definition) is 2. The fraction of sp³-hybridized carbons (Fsp3) is 0.882. The van der Waals surface area contributed by atoms with E-state index in [1.165, 1.54) is 51.4 Å². The van der Waals surface area contributed by atoms with Crippen LogP contribution < -0.4 is 0 Å². The summed E-state index contributed by atoms with van der Waals surface area (Å²) in [7, 11) is 1.93. The number of hydrogen-bond donors (Lipinski definition) is 1. The Labute approximate surface area is 129 Å². The molecule has 0 aromatic carbocycles. The molecule has 0 aromatic heterocycles. The minimum Gasteiger partial charge on any atom is -0.481 e. The quantitative estimate of drug-likeness (QED) is 0.515. The van der Waals surface area contributed by atoms with Gasteiger partial charge in [-0.15, -0.1) is 0 Å². The number of amides is 1. The second kappa shape index (κ2) is 11.6. The van der Waals surface area contributed by atoms with E-state index >= 15 is 0 Å². The molecule has 1 N–H and O–H groups in total. The molecule has 4 heteroatoms. The van der Waals surface area contributed by atoms with E-state index in [0.717, 1.165) is 6.42 Å². The van der Waals surface area contributed by atoms with Gasteiger partial charge in [-0.2, -0.15) is 0 Å². The normalized spacial score (nSPS) is 17.3. The van der Waals surface area contributed by atoms with E-state index in [9.17, 15) is 9.59 Å². The van der Waals surface area contributed by atoms with E-state index in [2.05, 4.69) is 6.92 Å². The van der Waals surface area contributed by atoms with Gasteiger partial charge in [-0.3, -0.25) is 9.59 Å². The highest BCUT2D eigenvalue weighted by atomic mass is 16.4. The van der Waals surface area contributed by atoms with Crippen molar-refractivity contribution in [2.75, 3.05) is 7.05 Å². The van der Waals surface area contributed by atoms with E-state index < -0.39 is 5.97 Å². The summed E-state index contributed by atoms with van der Waals surface area (Å²) in [6, 6.07) is 0.563. The fourth-order valence-electron chi connectivity index (χ4n) is 2.21. The van der Waals surface area contributed by atoms with Crippen molar-refractivity contribution in [3.05, 3.63) is 0 Å². The molecular formula is C17H33NO3. The number of carbonyl (C=O) groups excluding carboxylic acids is 1. The number of β-lactam (4-membered cyclic amide) rings is 1. The smallest absolute Gasteiger partial charge is 0.305 e. The molecule has 1 atom stereocenters. The summed E-state index contributed by atoms with van der Waals surface area (Å²) in [5.41, 5.74) is 0. The molecule has 1 amide bonds. The van der Waals surface area contributed by atoms with Gasteiger partial charge in [-0.1, -0.05) is 65.7 Å². The second-order valence-electron chi connectivity index (χ2n) is 6.27. The van der Waals surface area contributed by atoms with Gasteiger partial charge in [-0.05, 0) is 6.42 Å². The van der Waals surface area contributed by atoms with Crippen LogP contribution in [0, 0.1) is 5.92 Å². The molecule has 21 heavy (non-hydrogen) atoms. The Morgan fingerprint density at radius 3 is 2.05 bits per heavy atom. The van der Waals surface area contributed by atoms with Crippen LogP contribution in [-0.4, -0.2) is 35.0 Å². The largest absolute Gasteiger partial charge is 0.481 e. The third-order valence-corrected chi connectivity index (χ3v) is 3.99. The standard InChI is InChI=1S/C13H25NO.C4H8O2/c1-3-4-5-6-7-8-9-10-12-11-13(15)14(12)2;1-3(2)4(5)6/h12H,3-11H2,1-2H3;3H,1-2H3,(H,5,6). The zero-order valence-corrected chi connectivity index (χ0v) is 14.2. The Hall–Kier alpha value is -1.06. The first-order chi connectivity index (χ1) is 9.90. The van der Waals surface area contributed by atoms with Crippen LogP contribution in [0.1, 0.15) is 78.6 Å². The van der Waals surface area contributed by atoms with E-state index in [-0.39, 0.29) is 5.92 Å². The van der Waals surface area contributed by atoms with Crippen LogP contribution in [-0.2, 0) is 9.59 Å². The van der Waals surface area contributed by atoms with Gasteiger partial charge in [0, 0.05) is 19.5 Å². The number of unbranched alkanes of at least 4 members (excludes halogenated alkanes) is 6. The van der Waals surface area contributed by atoms with Crippen LogP contribution in [0.25, 0.3) is 0 Å². The molecule has 1 saturated heterocycles. The molecule has 0 radical (unpaired) electrons. The highest BCUT2D eigenvalue weighted by molar-refractivity contribution is 5.82. The molecule has 1 unspecified atom stereocenters. The number of aliphatic carboxylic acids is 1. The fourth-order valence-corrected chi connectivity index (χ4v) is 2.21. The van der Waals surface area contributed by atoms with Crippen LogP contribution in [0.4, 0.5) is 0 Å². The van der Waals surface area contributed by atoms with E-state index in [1.807, 2.05) is 11.9 Å². The third-order valence-electron chi connectivity index (χ3n) is 3.99. The Bertz CT molecular complexity index is 302. The summed E-state index contributed by atoms with van der Waals surface area (Å²) in [5.74, 6) is -0.650. The van der Waals surface area contributed by atoms with Crippen molar-refractivity contribution in [3.63, 3.8) is 0 Å². The van der Waals surface area contributed by atoms with Gasteiger partial charge in [0.1, 0.15) is 0 Å². The maximum atomic E-state index is 11.0. The van der Waals surface area contributed by atoms with Crippen molar-refractivity contribution in [2.45, 2.75) is 84.6 Å². The van der Waals surface area contributed by atoms with Gasteiger partial charge in [0.2, 0.25) is 5.91 Å². The Morgan fingerprint density at radius 1 is 1.19 bits per heavy atom. The number of nitrogens with zero attached hydrogens (tertiary/aromatic N) is 1. The number of carbonyl (C=O) groups is 2. The Morgan fingerprint density at radius 2 is 1.67 bits per heavy atom. The topological polar surface area (TPSA) is 57.6 Å². The molecule has 0 spiro atoms. The average molecular weight is 299 g/mol. The molecule has 1 aliphatic rings. The Balaban J connectivity index is 0.000000567. The molecule has 1 rings (SSSR count). The summed E-state index contributed by atoms with van der Waals surface area (Å²) >= 11 is 0. The van der Waals surface area contributed by atoms with Crippen molar-refractivity contribution in [1.29, 1.82) is 0 Å². The zero-order chi connectivity index (χ0) is 16.3. The third kappa shape index (κ3) is 9.48. The summed E-state index contributed by atoms with van der Waals surface area (Å²) in [5, 5.41) is 7.99. The average Bonchev–Trinajstić information content (AvgIpc) is 2.45. The zero-order valence-electron chi connectivity index (χ0n) is 14.2. The molecule has 0 saturated carbocycles. The van der Waals surface area contributed by atoms with Gasteiger partial charge in [0.15, 0.2) is 0 Å². The van der Waals surface area contributed by atoms with Gasteiger partial charge < -0.3 is 10.0 Å². The summed E-state index contributed by atoms with van der Waals surface area (Å²) < 4.78 is 0. The van der Waals surface area contributed by atoms with Crippen molar-refractivity contribution in [3.8, 4) is 0 Å². The highest BCUT2D eigenvalue weighted by Gasteiger charge is 2.31. The maximum Gasteiger partial charge on any atom is 0.305 e. The first-order valence-electron chi connectivity index (χ1n) is 8.38. The van der Waals surface area contributed by atoms with Crippen LogP contribution in [0.2, 0.25) is 0 Å². The van der Waals surface area contributed by atoms with E-state index in [4.69, 9.17) is 5.11 Å². The first-order valence-corrected chi connectivity index (χ1v) is 8.38. The van der Waals surface area contributed by atoms with Gasteiger partial charge in [0.05, 0.1) is 5.92 Å². The highest BCUT2D eigenvalue weighted by Crippen LogP contribution is 2.22. The lowest BCUT2D eigenvalue weighted by molar-refractivity contribution is -0.144. The van der Waals surface area contributed by atoms with E-state index in [0.29, 0.717) is 11.9 Å². The second-order valence-corrected chi connectivity index (χ2v) is 6.27. The minimum atomic E-state index is -0.741. The monoisotopic (exact) mass is 299 g/mol. The molecule has 0 bridgehead atoms. The van der Waals surface area contributed by atoms with Crippen molar-refractivity contribution < 1.29 is 14.7 Å². The van der Waals surface area contributed by atoms with Crippen LogP contribution in [0.5, 0.6) is 0 Å². The van der Waals surface area contributed by atoms with Gasteiger partial charge in [-0.25, -0.2) is 0 Å². The van der Waals surface area contributed by atoms with Crippen LogP contribution in [0.15, 0.2) is 0 Å². The number of rotatable bonds is 9. The van der Waals surface area contributed by atoms with Crippen LogP contribution >= 0.6 is 0 Å². The summed E-state index contributed by atoms with van der Waals surface area (Å²) in [6.45, 7) is 5.54. The first kappa shape index (κ1) is 19.9. The minimum absolute atomic E-state index is 0.231. The molecular weight excluding hydrogens is 266 g/mol. The lowest BCUT2D eigenvalue weighted by Gasteiger charge is -2.37. The number of likely N-dealkylation sites (tertiary alicyclic amines) is 1. The predicted octanol–water partition coefficient (Wildman–Crippen LogP) is 4.08. The number of carboxylic acids is 1. The Kier molecular flexibility index (Phi) is 11.0. The lowest BCUT2D eigenvalue weighted by Crippen LogP contribution is -2.49. The molecule has 0 aliphatic carbocycles. The predicted molar refractivity (Wildman–Crippen MR) is 86.3 cm³/mol. The molecule has 4 nitrogen and oxygen atoms in total.